The van der Waals surface area contributed by atoms with Gasteiger partial charge in [-0.1, -0.05) is 42.5 Å². The second-order valence-corrected chi connectivity index (χ2v) is 9.17. The molecule has 154 valence electrons. The van der Waals surface area contributed by atoms with Crippen LogP contribution in [0.5, 0.6) is 0 Å². The molecule has 3 rings (SSSR count). The molecule has 0 saturated carbocycles. The fraction of sp³-hybridized carbons (Fsp3) is 0.130. The summed E-state index contributed by atoms with van der Waals surface area (Å²) >= 11 is 0. The smallest absolute Gasteiger partial charge is 0.310 e. The SMILES string of the molecule is Cc1cc2ccccc2c(-c2ccc(F)cc2)c1C=CP(=O)(O)CC(=O)CC(=O)O. The summed E-state index contributed by atoms with van der Waals surface area (Å²) in [6, 6.07) is 15.6. The Balaban J connectivity index is 2.10. The van der Waals surface area contributed by atoms with E-state index in [1.807, 2.05) is 37.3 Å². The van der Waals surface area contributed by atoms with Crippen molar-refractivity contribution >= 4 is 36.0 Å². The van der Waals surface area contributed by atoms with Crippen molar-refractivity contribution in [3.63, 3.8) is 0 Å². The Kier molecular flexibility index (Phi) is 6.30. The third kappa shape index (κ3) is 5.09. The number of ketones is 1. The van der Waals surface area contributed by atoms with E-state index in [4.69, 9.17) is 5.11 Å². The van der Waals surface area contributed by atoms with Crippen LogP contribution in [0, 0.1) is 12.7 Å². The number of aryl methyl sites for hydroxylation is 1. The number of carbonyl (C=O) groups is 2. The molecule has 0 spiro atoms. The Morgan fingerprint density at radius 3 is 2.43 bits per heavy atom. The van der Waals surface area contributed by atoms with Crippen molar-refractivity contribution in [1.29, 1.82) is 0 Å². The molecule has 0 heterocycles. The Bertz CT molecular complexity index is 1200. The highest BCUT2D eigenvalue weighted by Crippen LogP contribution is 2.44. The number of benzene rings is 3. The van der Waals surface area contributed by atoms with E-state index >= 15 is 0 Å². The Morgan fingerprint density at radius 2 is 1.77 bits per heavy atom. The van der Waals surface area contributed by atoms with Crippen LogP contribution in [0.25, 0.3) is 28.0 Å². The second kappa shape index (κ2) is 8.74. The van der Waals surface area contributed by atoms with Gasteiger partial charge in [0.25, 0.3) is 0 Å². The zero-order valence-corrected chi connectivity index (χ0v) is 17.1. The molecule has 0 saturated heterocycles. The molecular formula is C23H20FO5P. The second-order valence-electron chi connectivity index (χ2n) is 7.05. The lowest BCUT2D eigenvalue weighted by atomic mass is 9.90. The first-order chi connectivity index (χ1) is 14.2. The van der Waals surface area contributed by atoms with E-state index in [2.05, 4.69) is 0 Å². The molecule has 0 radical (unpaired) electrons. The van der Waals surface area contributed by atoms with Gasteiger partial charge in [-0.05, 0) is 58.2 Å². The van der Waals surface area contributed by atoms with Gasteiger partial charge in [-0.3, -0.25) is 14.2 Å². The van der Waals surface area contributed by atoms with E-state index in [1.165, 1.54) is 18.2 Å². The quantitative estimate of drug-likeness (QED) is 0.398. The van der Waals surface area contributed by atoms with Gasteiger partial charge in [-0.25, -0.2) is 4.39 Å². The van der Waals surface area contributed by atoms with Crippen molar-refractivity contribution in [3.8, 4) is 11.1 Å². The van der Waals surface area contributed by atoms with E-state index in [9.17, 15) is 23.4 Å². The zero-order valence-electron chi connectivity index (χ0n) is 16.2. The summed E-state index contributed by atoms with van der Waals surface area (Å²) in [5, 5.41) is 10.5. The van der Waals surface area contributed by atoms with Crippen molar-refractivity contribution in [2.45, 2.75) is 13.3 Å². The van der Waals surface area contributed by atoms with Gasteiger partial charge in [0.15, 0.2) is 5.78 Å². The van der Waals surface area contributed by atoms with Gasteiger partial charge in [-0.15, -0.1) is 0 Å². The highest BCUT2D eigenvalue weighted by atomic mass is 31.2. The molecule has 7 heteroatoms. The fourth-order valence-corrected chi connectivity index (χ4v) is 4.47. The minimum absolute atomic E-state index is 0.371. The van der Waals surface area contributed by atoms with Crippen LogP contribution in [0.1, 0.15) is 17.5 Å². The summed E-state index contributed by atoms with van der Waals surface area (Å²) < 4.78 is 25.9. The van der Waals surface area contributed by atoms with Crippen LogP contribution in [-0.4, -0.2) is 27.9 Å². The molecule has 2 N–H and O–H groups in total. The number of fused-ring (bicyclic) bond motifs is 1. The number of Topliss-reactive ketones (excluding diaryl/α,β-unsaturated/α-hetero) is 1. The van der Waals surface area contributed by atoms with Gasteiger partial charge in [-0.2, -0.15) is 0 Å². The summed E-state index contributed by atoms with van der Waals surface area (Å²) in [6.07, 6.45) is -0.0577. The lowest BCUT2D eigenvalue weighted by Crippen LogP contribution is -2.10. The summed E-state index contributed by atoms with van der Waals surface area (Å²) in [4.78, 5) is 32.5. The van der Waals surface area contributed by atoms with E-state index in [0.29, 0.717) is 5.56 Å². The van der Waals surface area contributed by atoms with Crippen molar-refractivity contribution in [2.24, 2.45) is 0 Å². The van der Waals surface area contributed by atoms with E-state index < -0.39 is 31.7 Å². The van der Waals surface area contributed by atoms with Gasteiger partial charge in [0.05, 0.1) is 6.16 Å². The average molecular weight is 426 g/mol. The first kappa shape index (κ1) is 21.6. The number of hydrogen-bond acceptors (Lipinski definition) is 3. The average Bonchev–Trinajstić information content (AvgIpc) is 2.65. The molecule has 0 aliphatic heterocycles. The Hall–Kier alpha value is -3.08. The predicted octanol–water partition coefficient (Wildman–Crippen LogP) is 5.24. The topological polar surface area (TPSA) is 91.7 Å². The minimum Gasteiger partial charge on any atom is -0.481 e. The predicted molar refractivity (Wildman–Crippen MR) is 115 cm³/mol. The first-order valence-electron chi connectivity index (χ1n) is 9.19. The van der Waals surface area contributed by atoms with E-state index in [-0.39, 0.29) is 5.82 Å². The van der Waals surface area contributed by atoms with Gasteiger partial charge in [0.2, 0.25) is 7.37 Å². The molecule has 5 nitrogen and oxygen atoms in total. The van der Waals surface area contributed by atoms with Crippen LogP contribution in [0.3, 0.4) is 0 Å². The normalized spacial score (nSPS) is 13.4. The third-order valence-corrected chi connectivity index (χ3v) is 6.08. The maximum absolute atomic E-state index is 13.5. The Labute approximate surface area is 172 Å². The van der Waals surface area contributed by atoms with Gasteiger partial charge >= 0.3 is 5.97 Å². The lowest BCUT2D eigenvalue weighted by molar-refractivity contribution is -0.139. The monoisotopic (exact) mass is 426 g/mol. The van der Waals surface area contributed by atoms with Crippen LogP contribution in [0.4, 0.5) is 4.39 Å². The number of hydrogen-bond donors (Lipinski definition) is 2. The molecule has 0 aliphatic carbocycles. The summed E-state index contributed by atoms with van der Waals surface area (Å²) in [7, 11) is -4.02. The standard InChI is InChI=1S/C23H20FO5P/c1-15-12-17-4-2-3-5-21(17)23(16-6-8-18(24)9-7-16)20(15)10-11-30(28,29)14-19(25)13-22(26)27/h2-12H,13-14H2,1H3,(H,26,27)(H,28,29). The number of carboxylic acid groups (broad SMARTS) is 1. The minimum atomic E-state index is -4.02. The number of rotatable bonds is 7. The molecule has 0 aromatic heterocycles. The van der Waals surface area contributed by atoms with Crippen LogP contribution >= 0.6 is 7.37 Å². The number of halogens is 1. The molecule has 3 aromatic rings. The molecule has 0 amide bonds. The number of carboxylic acids is 1. The van der Waals surface area contributed by atoms with Crippen molar-refractivity contribution in [1.82, 2.24) is 0 Å². The summed E-state index contributed by atoms with van der Waals surface area (Å²) in [5.41, 5.74) is 3.02. The number of carbonyl (C=O) groups excluding carboxylic acids is 1. The molecule has 1 unspecified atom stereocenters. The van der Waals surface area contributed by atoms with Gasteiger partial charge < -0.3 is 10.00 Å². The van der Waals surface area contributed by atoms with Crippen LogP contribution in [0.2, 0.25) is 0 Å². The lowest BCUT2D eigenvalue weighted by Gasteiger charge is -2.15. The molecule has 1 atom stereocenters. The van der Waals surface area contributed by atoms with E-state index in [0.717, 1.165) is 33.3 Å². The highest BCUT2D eigenvalue weighted by Gasteiger charge is 2.22. The van der Waals surface area contributed by atoms with Crippen molar-refractivity contribution in [2.75, 3.05) is 6.16 Å². The van der Waals surface area contributed by atoms with Gasteiger partial charge in [0, 0.05) is 5.82 Å². The zero-order chi connectivity index (χ0) is 21.9. The molecule has 0 fully saturated rings. The fourth-order valence-electron chi connectivity index (χ4n) is 3.37. The Morgan fingerprint density at radius 1 is 1.10 bits per heavy atom. The highest BCUT2D eigenvalue weighted by molar-refractivity contribution is 7.62. The molecular weight excluding hydrogens is 406 g/mol. The molecule has 0 aliphatic rings. The molecule has 30 heavy (non-hydrogen) atoms. The van der Waals surface area contributed by atoms with Crippen LogP contribution < -0.4 is 0 Å². The summed E-state index contributed by atoms with van der Waals surface area (Å²) in [5.74, 6) is -1.46. The summed E-state index contributed by atoms with van der Waals surface area (Å²) in [6.45, 7) is 1.86. The third-order valence-electron chi connectivity index (χ3n) is 4.65. The maximum Gasteiger partial charge on any atom is 0.310 e. The van der Waals surface area contributed by atoms with E-state index in [1.54, 1.807) is 12.1 Å². The number of aliphatic carboxylic acids is 1. The van der Waals surface area contributed by atoms with Crippen molar-refractivity contribution < 1.29 is 28.5 Å². The first-order valence-corrected chi connectivity index (χ1v) is 11.1. The van der Waals surface area contributed by atoms with Crippen molar-refractivity contribution in [3.05, 3.63) is 77.4 Å². The molecule has 0 bridgehead atoms. The maximum atomic E-state index is 13.5. The van der Waals surface area contributed by atoms with Gasteiger partial charge in [0.1, 0.15) is 12.2 Å². The molecule has 3 aromatic carbocycles. The van der Waals surface area contributed by atoms with Crippen LogP contribution in [0.15, 0.2) is 60.4 Å². The van der Waals surface area contributed by atoms with Crippen LogP contribution in [-0.2, 0) is 14.2 Å². The largest absolute Gasteiger partial charge is 0.481 e.